The average molecular weight is 350 g/mol. The van der Waals surface area contributed by atoms with Crippen molar-refractivity contribution < 1.29 is 14.3 Å². The Hall–Kier alpha value is -1.98. The van der Waals surface area contributed by atoms with Gasteiger partial charge in [-0.25, -0.2) is 4.79 Å². The van der Waals surface area contributed by atoms with Crippen molar-refractivity contribution in [1.29, 1.82) is 0 Å². The maximum absolute atomic E-state index is 11.9. The molecule has 1 N–H and O–H groups in total. The molecule has 0 aliphatic carbocycles. The lowest BCUT2D eigenvalue weighted by Gasteiger charge is -2.07. The van der Waals surface area contributed by atoms with Crippen molar-refractivity contribution in [3.8, 4) is 0 Å². The van der Waals surface area contributed by atoms with Crippen LogP contribution in [0.1, 0.15) is 15.9 Å². The highest BCUT2D eigenvalue weighted by atomic mass is 35.5. The third-order valence-corrected chi connectivity index (χ3v) is 4.58. The predicted octanol–water partition coefficient (Wildman–Crippen LogP) is 3.54. The molecule has 2 aromatic carbocycles. The zero-order valence-corrected chi connectivity index (χ0v) is 14.1. The van der Waals surface area contributed by atoms with Gasteiger partial charge in [0.15, 0.2) is 0 Å². The van der Waals surface area contributed by atoms with Gasteiger partial charge < -0.3 is 10.1 Å². The molecule has 120 valence electrons. The molecule has 2 rings (SSSR count). The van der Waals surface area contributed by atoms with Crippen LogP contribution in [0.2, 0.25) is 5.02 Å². The normalized spacial score (nSPS) is 10.2. The van der Waals surface area contributed by atoms with Crippen molar-refractivity contribution in [3.05, 3.63) is 64.7 Å². The topological polar surface area (TPSA) is 55.4 Å². The van der Waals surface area contributed by atoms with Crippen molar-refractivity contribution in [2.24, 2.45) is 0 Å². The summed E-state index contributed by atoms with van der Waals surface area (Å²) in [6.45, 7) is 0.406. The number of ether oxygens (including phenoxy) is 1. The number of methoxy groups -OCH3 is 1. The minimum absolute atomic E-state index is 0.0769. The third-order valence-electron chi connectivity index (χ3n) is 3.06. The van der Waals surface area contributed by atoms with E-state index in [1.54, 1.807) is 30.3 Å². The number of carbonyl (C=O) groups is 2. The summed E-state index contributed by atoms with van der Waals surface area (Å²) in [5, 5.41) is 3.47. The number of hydrogen-bond donors (Lipinski definition) is 1. The predicted molar refractivity (Wildman–Crippen MR) is 91.8 cm³/mol. The summed E-state index contributed by atoms with van der Waals surface area (Å²) in [4.78, 5) is 24.1. The van der Waals surface area contributed by atoms with Gasteiger partial charge in [0.05, 0.1) is 23.4 Å². The van der Waals surface area contributed by atoms with Gasteiger partial charge >= 0.3 is 5.97 Å². The van der Waals surface area contributed by atoms with Gasteiger partial charge in [-0.1, -0.05) is 35.9 Å². The fourth-order valence-electron chi connectivity index (χ4n) is 1.83. The Morgan fingerprint density at radius 1 is 1.13 bits per heavy atom. The lowest BCUT2D eigenvalue weighted by Crippen LogP contribution is -2.24. The van der Waals surface area contributed by atoms with Crippen molar-refractivity contribution >= 4 is 35.2 Å². The zero-order valence-electron chi connectivity index (χ0n) is 12.5. The molecule has 0 spiro atoms. The Morgan fingerprint density at radius 2 is 1.83 bits per heavy atom. The van der Waals surface area contributed by atoms with Gasteiger partial charge in [-0.3, -0.25) is 4.79 Å². The highest BCUT2D eigenvalue weighted by Crippen LogP contribution is 2.26. The molecule has 0 aliphatic rings. The molecule has 0 atom stereocenters. The van der Waals surface area contributed by atoms with Gasteiger partial charge in [-0.15, -0.1) is 11.8 Å². The molecule has 0 radical (unpaired) electrons. The highest BCUT2D eigenvalue weighted by molar-refractivity contribution is 8.00. The molecule has 0 bridgehead atoms. The second-order valence-corrected chi connectivity index (χ2v) is 6.11. The first-order valence-electron chi connectivity index (χ1n) is 6.91. The van der Waals surface area contributed by atoms with E-state index in [2.05, 4.69) is 10.1 Å². The summed E-state index contributed by atoms with van der Waals surface area (Å²) in [7, 11) is 1.34. The van der Waals surface area contributed by atoms with E-state index in [0.29, 0.717) is 22.9 Å². The summed E-state index contributed by atoms with van der Waals surface area (Å²) in [5.41, 5.74) is 1.39. The number of thioether (sulfide) groups is 1. The van der Waals surface area contributed by atoms with Crippen LogP contribution in [-0.4, -0.2) is 24.7 Å². The molecule has 0 heterocycles. The Labute approximate surface area is 144 Å². The molecule has 0 unspecified atom stereocenters. The van der Waals surface area contributed by atoms with Crippen LogP contribution in [0.5, 0.6) is 0 Å². The van der Waals surface area contributed by atoms with Crippen molar-refractivity contribution in [1.82, 2.24) is 5.32 Å². The highest BCUT2D eigenvalue weighted by Gasteiger charge is 2.07. The number of benzene rings is 2. The molecular weight excluding hydrogens is 334 g/mol. The maximum atomic E-state index is 11.9. The third kappa shape index (κ3) is 5.30. The minimum atomic E-state index is -0.378. The number of nitrogens with one attached hydrogen (secondary N) is 1. The van der Waals surface area contributed by atoms with E-state index in [1.807, 2.05) is 18.2 Å². The largest absolute Gasteiger partial charge is 0.465 e. The SMILES string of the molecule is COC(=O)c1ccc(CNC(=O)CSc2ccccc2Cl)cc1. The van der Waals surface area contributed by atoms with E-state index in [0.717, 1.165) is 10.5 Å². The fourth-order valence-corrected chi connectivity index (χ4v) is 2.90. The van der Waals surface area contributed by atoms with Crippen molar-refractivity contribution in [2.75, 3.05) is 12.9 Å². The van der Waals surface area contributed by atoms with Crippen LogP contribution in [0.4, 0.5) is 0 Å². The summed E-state index contributed by atoms with van der Waals surface area (Å²) in [6.07, 6.45) is 0. The molecular formula is C17H16ClNO3S. The lowest BCUT2D eigenvalue weighted by molar-refractivity contribution is -0.118. The van der Waals surface area contributed by atoms with Crippen molar-refractivity contribution in [3.63, 3.8) is 0 Å². The number of amides is 1. The second kappa shape index (κ2) is 8.60. The first kappa shape index (κ1) is 17.4. The molecule has 0 fully saturated rings. The summed E-state index contributed by atoms with van der Waals surface area (Å²) in [5.74, 6) is -0.159. The number of rotatable bonds is 6. The Morgan fingerprint density at radius 3 is 2.48 bits per heavy atom. The van der Waals surface area contributed by atoms with Crippen LogP contribution in [0.25, 0.3) is 0 Å². The van der Waals surface area contributed by atoms with E-state index >= 15 is 0 Å². The molecule has 0 aromatic heterocycles. The minimum Gasteiger partial charge on any atom is -0.465 e. The zero-order chi connectivity index (χ0) is 16.7. The number of carbonyl (C=O) groups excluding carboxylic acids is 2. The van der Waals surface area contributed by atoms with Crippen LogP contribution < -0.4 is 5.32 Å². The number of esters is 1. The number of hydrogen-bond acceptors (Lipinski definition) is 4. The van der Waals surface area contributed by atoms with Crippen LogP contribution in [0, 0.1) is 0 Å². The van der Waals surface area contributed by atoms with Crippen molar-refractivity contribution in [2.45, 2.75) is 11.4 Å². The first-order valence-corrected chi connectivity index (χ1v) is 8.28. The second-order valence-electron chi connectivity index (χ2n) is 4.68. The van der Waals surface area contributed by atoms with E-state index in [4.69, 9.17) is 11.6 Å². The Kier molecular flexibility index (Phi) is 6.50. The molecule has 0 saturated heterocycles. The molecule has 23 heavy (non-hydrogen) atoms. The molecule has 1 amide bonds. The molecule has 4 nitrogen and oxygen atoms in total. The Balaban J connectivity index is 1.80. The molecule has 0 aliphatic heterocycles. The van der Waals surface area contributed by atoms with E-state index in [1.165, 1.54) is 18.9 Å². The number of halogens is 1. The maximum Gasteiger partial charge on any atom is 0.337 e. The summed E-state index contributed by atoms with van der Waals surface area (Å²) in [6, 6.07) is 14.3. The van der Waals surface area contributed by atoms with Gasteiger partial charge in [0.2, 0.25) is 5.91 Å². The van der Waals surface area contributed by atoms with Crippen LogP contribution in [-0.2, 0) is 16.1 Å². The van der Waals surface area contributed by atoms with Crippen LogP contribution >= 0.6 is 23.4 Å². The fraction of sp³-hybridized carbons (Fsp3) is 0.176. The lowest BCUT2D eigenvalue weighted by atomic mass is 10.1. The summed E-state index contributed by atoms with van der Waals surface area (Å²) >= 11 is 7.44. The van der Waals surface area contributed by atoms with Crippen LogP contribution in [0.15, 0.2) is 53.4 Å². The Bertz CT molecular complexity index is 688. The summed E-state index contributed by atoms with van der Waals surface area (Å²) < 4.78 is 4.64. The van der Waals surface area contributed by atoms with Gasteiger partial charge in [-0.2, -0.15) is 0 Å². The monoisotopic (exact) mass is 349 g/mol. The molecule has 0 saturated carbocycles. The molecule has 2 aromatic rings. The van der Waals surface area contributed by atoms with Gasteiger partial charge in [0.25, 0.3) is 0 Å². The first-order chi connectivity index (χ1) is 11.1. The molecule has 6 heteroatoms. The van der Waals surface area contributed by atoms with Gasteiger partial charge in [0, 0.05) is 11.4 Å². The quantitative estimate of drug-likeness (QED) is 0.640. The van der Waals surface area contributed by atoms with E-state index in [9.17, 15) is 9.59 Å². The standard InChI is InChI=1S/C17H16ClNO3S/c1-22-17(21)13-8-6-12(7-9-13)10-19-16(20)11-23-15-5-3-2-4-14(15)18/h2-9H,10-11H2,1H3,(H,19,20). The van der Waals surface area contributed by atoms with Gasteiger partial charge in [0.1, 0.15) is 0 Å². The van der Waals surface area contributed by atoms with Gasteiger partial charge in [-0.05, 0) is 29.8 Å². The van der Waals surface area contributed by atoms with E-state index < -0.39 is 0 Å². The smallest absolute Gasteiger partial charge is 0.337 e. The van der Waals surface area contributed by atoms with E-state index in [-0.39, 0.29) is 11.9 Å². The van der Waals surface area contributed by atoms with Crippen LogP contribution in [0.3, 0.4) is 0 Å². The average Bonchev–Trinajstić information content (AvgIpc) is 2.59.